The second-order valence-electron chi connectivity index (χ2n) is 5.84. The Balaban J connectivity index is 1.56. The number of para-hydroxylation sites is 1. The van der Waals surface area contributed by atoms with Crippen LogP contribution >= 0.6 is 0 Å². The molecule has 100 valence electrons. The molecule has 1 aliphatic rings. The van der Waals surface area contributed by atoms with Crippen molar-refractivity contribution in [3.05, 3.63) is 30.3 Å². The molecule has 1 heterocycles. The maximum absolute atomic E-state index is 5.71. The molecule has 1 aromatic carbocycles. The van der Waals surface area contributed by atoms with Crippen LogP contribution in [0.1, 0.15) is 40.0 Å². The van der Waals surface area contributed by atoms with Crippen molar-refractivity contribution < 1.29 is 9.47 Å². The van der Waals surface area contributed by atoms with Crippen LogP contribution < -0.4 is 4.74 Å². The molecular formula is C16H24O2. The molecule has 1 fully saturated rings. The number of epoxide rings is 1. The van der Waals surface area contributed by atoms with Gasteiger partial charge in [0.1, 0.15) is 5.75 Å². The lowest BCUT2D eigenvalue weighted by atomic mass is 9.98. The monoisotopic (exact) mass is 248 g/mol. The van der Waals surface area contributed by atoms with E-state index < -0.39 is 0 Å². The zero-order valence-electron chi connectivity index (χ0n) is 11.7. The molecule has 0 amide bonds. The summed E-state index contributed by atoms with van der Waals surface area (Å²) < 4.78 is 11.3. The molecule has 18 heavy (non-hydrogen) atoms. The van der Waals surface area contributed by atoms with E-state index >= 15 is 0 Å². The minimum absolute atomic E-state index is 0.139. The van der Waals surface area contributed by atoms with Crippen molar-refractivity contribution >= 4 is 0 Å². The molecule has 0 radical (unpaired) electrons. The molecule has 2 atom stereocenters. The van der Waals surface area contributed by atoms with Crippen LogP contribution in [-0.4, -0.2) is 18.3 Å². The van der Waals surface area contributed by atoms with Gasteiger partial charge in [0.15, 0.2) is 0 Å². The normalized spacial score (nSPS) is 22.5. The van der Waals surface area contributed by atoms with E-state index in [9.17, 15) is 0 Å². The average molecular weight is 248 g/mol. The van der Waals surface area contributed by atoms with Gasteiger partial charge in [-0.3, -0.25) is 0 Å². The second kappa shape index (κ2) is 5.75. The second-order valence-corrected chi connectivity index (χ2v) is 5.84. The molecule has 1 aromatic rings. The summed E-state index contributed by atoms with van der Waals surface area (Å²) >= 11 is 0. The van der Waals surface area contributed by atoms with E-state index in [1.165, 1.54) is 12.8 Å². The molecule has 0 saturated carbocycles. The lowest BCUT2D eigenvalue weighted by Crippen LogP contribution is -2.08. The largest absolute Gasteiger partial charge is 0.494 e. The summed E-state index contributed by atoms with van der Waals surface area (Å²) in [5, 5.41) is 0. The Labute approximate surface area is 110 Å². The average Bonchev–Trinajstić information content (AvgIpc) is 2.96. The zero-order valence-corrected chi connectivity index (χ0v) is 11.7. The minimum Gasteiger partial charge on any atom is -0.494 e. The quantitative estimate of drug-likeness (QED) is 0.679. The van der Waals surface area contributed by atoms with Crippen molar-refractivity contribution in [3.8, 4) is 5.75 Å². The number of hydrogen-bond acceptors (Lipinski definition) is 2. The highest BCUT2D eigenvalue weighted by molar-refractivity contribution is 5.20. The van der Waals surface area contributed by atoms with Crippen LogP contribution in [0.4, 0.5) is 0 Å². The molecule has 2 nitrogen and oxygen atoms in total. The maximum Gasteiger partial charge on any atom is 0.119 e. The van der Waals surface area contributed by atoms with Gasteiger partial charge >= 0.3 is 0 Å². The molecule has 0 spiro atoms. The number of benzene rings is 1. The standard InChI is InChI=1S/C16H24O2/c1-13(9-10-15-16(2,3)18-15)11-12-17-14-7-5-4-6-8-14/h4-8,13,15H,9-12H2,1-3H3. The van der Waals surface area contributed by atoms with Crippen molar-refractivity contribution in [2.75, 3.05) is 6.61 Å². The fourth-order valence-corrected chi connectivity index (χ4v) is 2.21. The third-order valence-electron chi connectivity index (χ3n) is 3.71. The van der Waals surface area contributed by atoms with Gasteiger partial charge in [-0.25, -0.2) is 0 Å². The van der Waals surface area contributed by atoms with Gasteiger partial charge in [0.05, 0.1) is 18.3 Å². The summed E-state index contributed by atoms with van der Waals surface area (Å²) in [6.07, 6.45) is 4.00. The van der Waals surface area contributed by atoms with Crippen LogP contribution in [-0.2, 0) is 4.74 Å². The van der Waals surface area contributed by atoms with Crippen LogP contribution in [0.5, 0.6) is 5.75 Å². The van der Waals surface area contributed by atoms with E-state index in [2.05, 4.69) is 20.8 Å². The minimum atomic E-state index is 0.139. The first-order chi connectivity index (χ1) is 8.58. The zero-order chi connectivity index (χ0) is 13.0. The van der Waals surface area contributed by atoms with Crippen LogP contribution in [0.25, 0.3) is 0 Å². The lowest BCUT2D eigenvalue weighted by molar-refractivity contribution is 0.271. The number of hydrogen-bond donors (Lipinski definition) is 0. The molecule has 0 bridgehead atoms. The Bertz CT molecular complexity index is 359. The summed E-state index contributed by atoms with van der Waals surface area (Å²) in [4.78, 5) is 0. The highest BCUT2D eigenvalue weighted by atomic mass is 16.6. The first kappa shape index (κ1) is 13.4. The van der Waals surface area contributed by atoms with Gasteiger partial charge in [-0.05, 0) is 51.2 Å². The van der Waals surface area contributed by atoms with Gasteiger partial charge in [0.25, 0.3) is 0 Å². The van der Waals surface area contributed by atoms with E-state index in [1.54, 1.807) is 0 Å². The fourth-order valence-electron chi connectivity index (χ4n) is 2.21. The molecule has 2 heteroatoms. The van der Waals surface area contributed by atoms with Crippen molar-refractivity contribution in [2.45, 2.75) is 51.7 Å². The molecule has 0 N–H and O–H groups in total. The van der Waals surface area contributed by atoms with Gasteiger partial charge in [-0.15, -0.1) is 0 Å². The fraction of sp³-hybridized carbons (Fsp3) is 0.625. The Morgan fingerprint density at radius 2 is 1.89 bits per heavy atom. The highest BCUT2D eigenvalue weighted by Gasteiger charge is 2.46. The van der Waals surface area contributed by atoms with Gasteiger partial charge in [0.2, 0.25) is 0 Å². The molecule has 1 aliphatic heterocycles. The Kier molecular flexibility index (Phi) is 4.28. The summed E-state index contributed by atoms with van der Waals surface area (Å²) in [6.45, 7) is 7.44. The van der Waals surface area contributed by atoms with Gasteiger partial charge < -0.3 is 9.47 Å². The third-order valence-corrected chi connectivity index (χ3v) is 3.71. The van der Waals surface area contributed by atoms with Crippen molar-refractivity contribution in [3.63, 3.8) is 0 Å². The predicted molar refractivity (Wildman–Crippen MR) is 73.9 cm³/mol. The maximum atomic E-state index is 5.71. The summed E-state index contributed by atoms with van der Waals surface area (Å²) in [5.74, 6) is 1.67. The van der Waals surface area contributed by atoms with Crippen molar-refractivity contribution in [1.29, 1.82) is 0 Å². The van der Waals surface area contributed by atoms with Gasteiger partial charge in [-0.1, -0.05) is 25.1 Å². The highest BCUT2D eigenvalue weighted by Crippen LogP contribution is 2.39. The van der Waals surface area contributed by atoms with E-state index in [0.717, 1.165) is 18.8 Å². The van der Waals surface area contributed by atoms with Gasteiger partial charge in [0, 0.05) is 0 Å². The van der Waals surface area contributed by atoms with E-state index in [4.69, 9.17) is 9.47 Å². The van der Waals surface area contributed by atoms with E-state index in [-0.39, 0.29) is 5.60 Å². The topological polar surface area (TPSA) is 21.8 Å². The van der Waals surface area contributed by atoms with E-state index in [0.29, 0.717) is 12.0 Å². The number of rotatable bonds is 7. The lowest BCUT2D eigenvalue weighted by Gasteiger charge is -2.11. The van der Waals surface area contributed by atoms with Gasteiger partial charge in [-0.2, -0.15) is 0 Å². The third kappa shape index (κ3) is 4.02. The van der Waals surface area contributed by atoms with Crippen LogP contribution in [0, 0.1) is 5.92 Å². The number of ether oxygens (including phenoxy) is 2. The first-order valence-corrected chi connectivity index (χ1v) is 6.93. The van der Waals surface area contributed by atoms with Crippen molar-refractivity contribution in [2.24, 2.45) is 5.92 Å². The Morgan fingerprint density at radius 3 is 2.50 bits per heavy atom. The van der Waals surface area contributed by atoms with Crippen LogP contribution in [0.2, 0.25) is 0 Å². The summed E-state index contributed by atoms with van der Waals surface area (Å²) in [7, 11) is 0. The molecular weight excluding hydrogens is 224 g/mol. The molecule has 0 aromatic heterocycles. The molecule has 1 saturated heterocycles. The SMILES string of the molecule is CC(CCOc1ccccc1)CCC1OC1(C)C. The first-order valence-electron chi connectivity index (χ1n) is 6.93. The van der Waals surface area contributed by atoms with Crippen LogP contribution in [0.15, 0.2) is 30.3 Å². The summed E-state index contributed by atoms with van der Waals surface area (Å²) in [6, 6.07) is 10.0. The van der Waals surface area contributed by atoms with E-state index in [1.807, 2.05) is 30.3 Å². The predicted octanol–water partition coefficient (Wildman–Crippen LogP) is 4.05. The Hall–Kier alpha value is -1.02. The molecule has 2 unspecified atom stereocenters. The van der Waals surface area contributed by atoms with Crippen LogP contribution in [0.3, 0.4) is 0 Å². The summed E-state index contributed by atoms with van der Waals surface area (Å²) in [5.41, 5.74) is 0.139. The van der Waals surface area contributed by atoms with Crippen molar-refractivity contribution in [1.82, 2.24) is 0 Å². The molecule has 0 aliphatic carbocycles. The molecule has 2 rings (SSSR count). The Morgan fingerprint density at radius 1 is 1.22 bits per heavy atom. The smallest absolute Gasteiger partial charge is 0.119 e.